The van der Waals surface area contributed by atoms with E-state index >= 15 is 0 Å². The zero-order valence-corrected chi connectivity index (χ0v) is 9.95. The number of esters is 1. The zero-order valence-electron chi connectivity index (χ0n) is 9.95. The van der Waals surface area contributed by atoms with Gasteiger partial charge in [0.15, 0.2) is 0 Å². The fourth-order valence-corrected chi connectivity index (χ4v) is 4.55. The molecule has 0 aromatic carbocycles. The maximum absolute atomic E-state index is 12.1. The van der Waals surface area contributed by atoms with E-state index in [1.807, 2.05) is 6.92 Å². The Morgan fingerprint density at radius 1 is 1.19 bits per heavy atom. The first-order valence-electron chi connectivity index (χ1n) is 6.60. The lowest BCUT2D eigenvalue weighted by atomic mass is 9.49. The van der Waals surface area contributed by atoms with Crippen LogP contribution in [0.15, 0.2) is 0 Å². The molecular formula is C13H21NO2. The summed E-state index contributed by atoms with van der Waals surface area (Å²) < 4.78 is 5.21. The second kappa shape index (κ2) is 3.46. The van der Waals surface area contributed by atoms with Crippen molar-refractivity contribution >= 4 is 5.97 Å². The van der Waals surface area contributed by atoms with E-state index in [9.17, 15) is 4.79 Å². The second-order valence-corrected chi connectivity index (χ2v) is 5.96. The van der Waals surface area contributed by atoms with Crippen molar-refractivity contribution in [3.05, 3.63) is 0 Å². The Balaban J connectivity index is 1.87. The Labute approximate surface area is 96.7 Å². The number of carbonyl (C=O) groups excluding carboxylic acids is 1. The van der Waals surface area contributed by atoms with E-state index in [1.165, 1.54) is 6.42 Å². The van der Waals surface area contributed by atoms with Gasteiger partial charge in [0, 0.05) is 0 Å². The van der Waals surface area contributed by atoms with Gasteiger partial charge in [-0.3, -0.25) is 4.79 Å². The predicted molar refractivity (Wildman–Crippen MR) is 60.6 cm³/mol. The van der Waals surface area contributed by atoms with Gasteiger partial charge < -0.3 is 10.5 Å². The van der Waals surface area contributed by atoms with E-state index in [0.29, 0.717) is 18.4 Å². The SMILES string of the molecule is CCOC(=O)C1(N)C2CC3CC(C2)CC1C3. The molecule has 0 saturated heterocycles. The van der Waals surface area contributed by atoms with Crippen LogP contribution in [-0.2, 0) is 9.53 Å². The number of ether oxygens (including phenoxy) is 1. The number of hydrogen-bond acceptors (Lipinski definition) is 3. The van der Waals surface area contributed by atoms with Gasteiger partial charge >= 0.3 is 5.97 Å². The molecule has 0 atom stereocenters. The summed E-state index contributed by atoms with van der Waals surface area (Å²) in [7, 11) is 0. The van der Waals surface area contributed by atoms with E-state index in [4.69, 9.17) is 10.5 Å². The molecule has 0 radical (unpaired) electrons. The molecule has 0 aromatic heterocycles. The number of hydrogen-bond donors (Lipinski definition) is 1. The minimum absolute atomic E-state index is 0.135. The molecule has 0 aromatic rings. The van der Waals surface area contributed by atoms with Crippen LogP contribution in [0.4, 0.5) is 0 Å². The molecule has 0 spiro atoms. The smallest absolute Gasteiger partial charge is 0.326 e. The molecule has 4 aliphatic rings. The summed E-state index contributed by atoms with van der Waals surface area (Å²) in [6, 6.07) is 0. The first kappa shape index (κ1) is 10.6. The Morgan fingerprint density at radius 2 is 1.69 bits per heavy atom. The predicted octanol–water partition coefficient (Wildman–Crippen LogP) is 1.70. The summed E-state index contributed by atoms with van der Waals surface area (Å²) in [5.41, 5.74) is 5.80. The van der Waals surface area contributed by atoms with Gasteiger partial charge in [-0.25, -0.2) is 0 Å². The lowest BCUT2D eigenvalue weighted by molar-refractivity contribution is -0.166. The molecule has 4 rings (SSSR count). The van der Waals surface area contributed by atoms with Crippen LogP contribution in [0.3, 0.4) is 0 Å². The van der Waals surface area contributed by atoms with Crippen molar-refractivity contribution in [3.8, 4) is 0 Å². The maximum Gasteiger partial charge on any atom is 0.326 e. The van der Waals surface area contributed by atoms with Crippen LogP contribution >= 0.6 is 0 Å². The van der Waals surface area contributed by atoms with Crippen LogP contribution in [0.5, 0.6) is 0 Å². The Hall–Kier alpha value is -0.570. The van der Waals surface area contributed by atoms with Crippen LogP contribution in [0.1, 0.15) is 39.0 Å². The number of nitrogens with two attached hydrogens (primary N) is 1. The van der Waals surface area contributed by atoms with Gasteiger partial charge in [-0.15, -0.1) is 0 Å². The standard InChI is InChI=1S/C13H21NO2/c1-2-16-12(15)13(14)10-4-8-3-9(6-10)7-11(13)5-8/h8-11H,2-7,14H2,1H3. The molecule has 4 aliphatic carbocycles. The highest BCUT2D eigenvalue weighted by molar-refractivity contribution is 5.82. The molecule has 3 heteroatoms. The highest BCUT2D eigenvalue weighted by atomic mass is 16.5. The van der Waals surface area contributed by atoms with E-state index < -0.39 is 5.54 Å². The van der Waals surface area contributed by atoms with Crippen LogP contribution in [0.25, 0.3) is 0 Å². The summed E-state index contributed by atoms with van der Waals surface area (Å²) in [4.78, 5) is 12.1. The molecule has 90 valence electrons. The summed E-state index contributed by atoms with van der Waals surface area (Å²) in [5.74, 6) is 2.33. The summed E-state index contributed by atoms with van der Waals surface area (Å²) >= 11 is 0. The third kappa shape index (κ3) is 1.27. The number of rotatable bonds is 2. The third-order valence-corrected chi connectivity index (χ3v) is 5.12. The molecule has 0 heterocycles. The van der Waals surface area contributed by atoms with Gasteiger partial charge in [-0.1, -0.05) is 0 Å². The fraction of sp³-hybridized carbons (Fsp3) is 0.923. The highest BCUT2D eigenvalue weighted by Crippen LogP contribution is 2.57. The quantitative estimate of drug-likeness (QED) is 0.725. The van der Waals surface area contributed by atoms with Crippen molar-refractivity contribution in [3.63, 3.8) is 0 Å². The van der Waals surface area contributed by atoms with E-state index in [2.05, 4.69) is 0 Å². The van der Waals surface area contributed by atoms with Gasteiger partial charge in [0.25, 0.3) is 0 Å². The third-order valence-electron chi connectivity index (χ3n) is 5.12. The van der Waals surface area contributed by atoms with Gasteiger partial charge in [-0.05, 0) is 62.7 Å². The van der Waals surface area contributed by atoms with Crippen molar-refractivity contribution in [2.45, 2.75) is 44.6 Å². The highest BCUT2D eigenvalue weighted by Gasteiger charge is 2.59. The minimum Gasteiger partial charge on any atom is -0.465 e. The van der Waals surface area contributed by atoms with E-state index in [0.717, 1.165) is 37.5 Å². The molecule has 16 heavy (non-hydrogen) atoms. The van der Waals surface area contributed by atoms with Gasteiger partial charge in [-0.2, -0.15) is 0 Å². The van der Waals surface area contributed by atoms with Crippen molar-refractivity contribution in [2.75, 3.05) is 6.61 Å². The van der Waals surface area contributed by atoms with Crippen LogP contribution in [0.2, 0.25) is 0 Å². The van der Waals surface area contributed by atoms with Crippen molar-refractivity contribution in [1.82, 2.24) is 0 Å². The average molecular weight is 223 g/mol. The molecule has 3 nitrogen and oxygen atoms in total. The number of carbonyl (C=O) groups is 1. The summed E-state index contributed by atoms with van der Waals surface area (Å²) in [6.07, 6.45) is 6.00. The molecule has 2 N–H and O–H groups in total. The Kier molecular flexibility index (Phi) is 2.29. The zero-order chi connectivity index (χ0) is 11.3. The molecule has 0 aliphatic heterocycles. The van der Waals surface area contributed by atoms with E-state index in [-0.39, 0.29) is 5.97 Å². The van der Waals surface area contributed by atoms with Gasteiger partial charge in [0.2, 0.25) is 0 Å². The Bertz CT molecular complexity index is 285. The summed E-state index contributed by atoms with van der Waals surface area (Å²) in [6.45, 7) is 2.31. The molecule has 0 amide bonds. The monoisotopic (exact) mass is 223 g/mol. The molecular weight excluding hydrogens is 202 g/mol. The van der Waals surface area contributed by atoms with Crippen molar-refractivity contribution in [2.24, 2.45) is 29.4 Å². The normalized spacial score (nSPS) is 49.4. The summed E-state index contributed by atoms with van der Waals surface area (Å²) in [5, 5.41) is 0. The second-order valence-electron chi connectivity index (χ2n) is 5.96. The maximum atomic E-state index is 12.1. The minimum atomic E-state index is -0.649. The van der Waals surface area contributed by atoms with Crippen LogP contribution in [-0.4, -0.2) is 18.1 Å². The topological polar surface area (TPSA) is 52.3 Å². The lowest BCUT2D eigenvalue weighted by Crippen LogP contribution is -2.67. The fourth-order valence-electron chi connectivity index (χ4n) is 4.55. The molecule has 0 unspecified atom stereocenters. The molecule has 4 bridgehead atoms. The lowest BCUT2D eigenvalue weighted by Gasteiger charge is -2.58. The Morgan fingerprint density at radius 3 is 2.12 bits per heavy atom. The average Bonchev–Trinajstić information content (AvgIpc) is 2.24. The van der Waals surface area contributed by atoms with Crippen molar-refractivity contribution in [1.29, 1.82) is 0 Å². The first-order chi connectivity index (χ1) is 7.64. The first-order valence-corrected chi connectivity index (χ1v) is 6.60. The van der Waals surface area contributed by atoms with Gasteiger partial charge in [0.05, 0.1) is 6.61 Å². The largest absolute Gasteiger partial charge is 0.465 e. The van der Waals surface area contributed by atoms with E-state index in [1.54, 1.807) is 0 Å². The van der Waals surface area contributed by atoms with Crippen LogP contribution < -0.4 is 5.73 Å². The van der Waals surface area contributed by atoms with Crippen LogP contribution in [0, 0.1) is 23.7 Å². The van der Waals surface area contributed by atoms with Crippen molar-refractivity contribution < 1.29 is 9.53 Å². The van der Waals surface area contributed by atoms with Gasteiger partial charge in [0.1, 0.15) is 5.54 Å². The molecule has 4 saturated carbocycles. The molecule has 4 fully saturated rings.